The van der Waals surface area contributed by atoms with Gasteiger partial charge in [0.25, 0.3) is 0 Å². The van der Waals surface area contributed by atoms with E-state index in [0.717, 1.165) is 27.8 Å². The maximum atomic E-state index is 4.14. The second-order valence-electron chi connectivity index (χ2n) is 4.15. The third kappa shape index (κ3) is 1.90. The number of nitrogens with one attached hydrogen (secondary N) is 2. The maximum absolute atomic E-state index is 4.14. The van der Waals surface area contributed by atoms with Crippen LogP contribution < -0.4 is 5.32 Å². The summed E-state index contributed by atoms with van der Waals surface area (Å²) in [7, 11) is 0. The smallest absolute Gasteiger partial charge is 0.156 e. The molecule has 90 valence electrons. The van der Waals surface area contributed by atoms with Gasteiger partial charge in [0.15, 0.2) is 5.82 Å². The number of nitrogens with zero attached hydrogens (tertiary/aromatic N) is 3. The third-order valence-electron chi connectivity index (χ3n) is 2.95. The molecule has 5 heteroatoms. The summed E-state index contributed by atoms with van der Waals surface area (Å²) >= 11 is 0. The van der Waals surface area contributed by atoms with Crippen LogP contribution >= 0.6 is 0 Å². The van der Waals surface area contributed by atoms with Crippen LogP contribution in [0.1, 0.15) is 11.3 Å². The average molecular weight is 239 g/mol. The highest BCUT2D eigenvalue weighted by atomic mass is 15.2. The quantitative estimate of drug-likeness (QED) is 0.735. The molecule has 2 aromatic heterocycles. The lowest BCUT2D eigenvalue weighted by molar-refractivity contribution is 1.01. The fourth-order valence-corrected chi connectivity index (χ4v) is 1.89. The summed E-state index contributed by atoms with van der Waals surface area (Å²) in [6.07, 6.45) is 3.59. The zero-order chi connectivity index (χ0) is 12.4. The number of H-pyrrole nitrogens is 1. The van der Waals surface area contributed by atoms with Crippen molar-refractivity contribution in [3.05, 3.63) is 47.9 Å². The first-order valence-electron chi connectivity index (χ1n) is 5.78. The lowest BCUT2D eigenvalue weighted by Gasteiger charge is -2.07. The van der Waals surface area contributed by atoms with Gasteiger partial charge in [-0.3, -0.25) is 5.10 Å². The third-order valence-corrected chi connectivity index (χ3v) is 2.95. The Kier molecular flexibility index (Phi) is 2.64. The Bertz CT molecular complexity index is 668. The summed E-state index contributed by atoms with van der Waals surface area (Å²) in [5.41, 5.74) is 2.19. The molecule has 0 radical (unpaired) electrons. The first-order valence-corrected chi connectivity index (χ1v) is 5.78. The second kappa shape index (κ2) is 4.44. The molecule has 0 unspecified atom stereocenters. The van der Waals surface area contributed by atoms with Gasteiger partial charge in [-0.05, 0) is 6.92 Å². The minimum Gasteiger partial charge on any atom is -0.364 e. The van der Waals surface area contributed by atoms with Gasteiger partial charge in [0, 0.05) is 28.6 Å². The number of hydrogen-bond donors (Lipinski definition) is 2. The molecule has 0 amide bonds. The number of benzene rings is 1. The van der Waals surface area contributed by atoms with Gasteiger partial charge in [0.05, 0.1) is 12.4 Å². The lowest BCUT2D eigenvalue weighted by Crippen LogP contribution is -2.03. The van der Waals surface area contributed by atoms with Crippen LogP contribution in [-0.4, -0.2) is 20.4 Å². The Morgan fingerprint density at radius 2 is 2.11 bits per heavy atom. The van der Waals surface area contributed by atoms with Crippen LogP contribution in [0.15, 0.2) is 36.7 Å². The van der Waals surface area contributed by atoms with Crippen molar-refractivity contribution in [1.82, 2.24) is 20.4 Å². The van der Waals surface area contributed by atoms with Gasteiger partial charge >= 0.3 is 0 Å². The number of aromatic amines is 1. The second-order valence-corrected chi connectivity index (χ2v) is 4.15. The van der Waals surface area contributed by atoms with Crippen molar-refractivity contribution in [3.8, 4) is 0 Å². The first-order chi connectivity index (χ1) is 8.84. The lowest BCUT2D eigenvalue weighted by atomic mass is 10.2. The molecule has 3 aromatic rings. The number of aromatic nitrogens is 4. The van der Waals surface area contributed by atoms with E-state index in [9.17, 15) is 0 Å². The fourth-order valence-electron chi connectivity index (χ4n) is 1.89. The SMILES string of the molecule is Cc1[nH]ncc1CNc1nncc2ccccc12. The molecule has 0 saturated heterocycles. The van der Waals surface area contributed by atoms with Crippen LogP contribution in [0.2, 0.25) is 0 Å². The molecule has 2 heterocycles. The topological polar surface area (TPSA) is 66.5 Å². The Morgan fingerprint density at radius 3 is 2.94 bits per heavy atom. The molecule has 2 N–H and O–H groups in total. The highest BCUT2D eigenvalue weighted by Gasteiger charge is 2.04. The molecule has 0 aliphatic carbocycles. The van der Waals surface area contributed by atoms with Crippen molar-refractivity contribution in [2.45, 2.75) is 13.5 Å². The van der Waals surface area contributed by atoms with E-state index >= 15 is 0 Å². The van der Waals surface area contributed by atoms with Crippen LogP contribution in [0, 0.1) is 6.92 Å². The minimum absolute atomic E-state index is 0.686. The summed E-state index contributed by atoms with van der Waals surface area (Å²) in [6.45, 7) is 2.68. The van der Waals surface area contributed by atoms with Gasteiger partial charge in [-0.2, -0.15) is 10.2 Å². The zero-order valence-corrected chi connectivity index (χ0v) is 10.0. The van der Waals surface area contributed by atoms with Gasteiger partial charge in [0.1, 0.15) is 0 Å². The molecular formula is C13H13N5. The maximum Gasteiger partial charge on any atom is 0.156 e. The van der Waals surface area contributed by atoms with Crippen molar-refractivity contribution >= 4 is 16.6 Å². The number of hydrogen-bond acceptors (Lipinski definition) is 4. The molecular weight excluding hydrogens is 226 g/mol. The van der Waals surface area contributed by atoms with Crippen LogP contribution in [0.5, 0.6) is 0 Å². The molecule has 1 aromatic carbocycles. The van der Waals surface area contributed by atoms with Crippen LogP contribution in [0.25, 0.3) is 10.8 Å². The zero-order valence-electron chi connectivity index (χ0n) is 10.0. The molecule has 0 atom stereocenters. The van der Waals surface area contributed by atoms with Crippen LogP contribution in [0.4, 0.5) is 5.82 Å². The van der Waals surface area contributed by atoms with E-state index in [1.807, 2.05) is 37.4 Å². The Hall–Kier alpha value is -2.43. The van der Waals surface area contributed by atoms with Crippen LogP contribution in [0.3, 0.4) is 0 Å². The van der Waals surface area contributed by atoms with E-state index in [1.165, 1.54) is 0 Å². The molecule has 18 heavy (non-hydrogen) atoms. The van der Waals surface area contributed by atoms with Crippen molar-refractivity contribution in [1.29, 1.82) is 0 Å². The summed E-state index contributed by atoms with van der Waals surface area (Å²) < 4.78 is 0. The fraction of sp³-hybridized carbons (Fsp3) is 0.154. The molecule has 0 fully saturated rings. The number of fused-ring (bicyclic) bond motifs is 1. The highest BCUT2D eigenvalue weighted by Crippen LogP contribution is 2.19. The summed E-state index contributed by atoms with van der Waals surface area (Å²) in [4.78, 5) is 0. The van der Waals surface area contributed by atoms with Crippen molar-refractivity contribution < 1.29 is 0 Å². The molecule has 3 rings (SSSR count). The van der Waals surface area contributed by atoms with E-state index in [-0.39, 0.29) is 0 Å². The van der Waals surface area contributed by atoms with Gasteiger partial charge < -0.3 is 5.32 Å². The minimum atomic E-state index is 0.686. The largest absolute Gasteiger partial charge is 0.364 e. The Balaban J connectivity index is 1.89. The van der Waals surface area contributed by atoms with Crippen LogP contribution in [-0.2, 0) is 6.54 Å². The van der Waals surface area contributed by atoms with Gasteiger partial charge in [-0.1, -0.05) is 24.3 Å². The van der Waals surface area contributed by atoms with Crippen molar-refractivity contribution in [2.75, 3.05) is 5.32 Å². The standard InChI is InChI=1S/C13H13N5/c1-9-11(8-15-17-9)6-14-13-12-5-3-2-4-10(12)7-16-18-13/h2-5,7-8H,6H2,1H3,(H,14,18)(H,15,17). The molecule has 0 saturated carbocycles. The Labute approximate surface area is 104 Å². The average Bonchev–Trinajstić information content (AvgIpc) is 2.82. The predicted molar refractivity (Wildman–Crippen MR) is 70.2 cm³/mol. The first kappa shape index (κ1) is 10.7. The van der Waals surface area contributed by atoms with Crippen molar-refractivity contribution in [3.63, 3.8) is 0 Å². The summed E-state index contributed by atoms with van der Waals surface area (Å²) in [5, 5.41) is 20.5. The summed E-state index contributed by atoms with van der Waals surface area (Å²) in [5.74, 6) is 0.800. The van der Waals surface area contributed by atoms with E-state index < -0.39 is 0 Å². The van der Waals surface area contributed by atoms with Gasteiger partial charge in [0.2, 0.25) is 0 Å². The molecule has 0 aliphatic heterocycles. The number of anilines is 1. The monoisotopic (exact) mass is 239 g/mol. The van der Waals surface area contributed by atoms with E-state index in [0.29, 0.717) is 6.54 Å². The molecule has 0 aliphatic rings. The Morgan fingerprint density at radius 1 is 1.22 bits per heavy atom. The van der Waals surface area contributed by atoms with E-state index in [2.05, 4.69) is 25.7 Å². The number of aryl methyl sites for hydroxylation is 1. The predicted octanol–water partition coefficient (Wildman–Crippen LogP) is 2.27. The molecule has 0 bridgehead atoms. The molecule has 5 nitrogen and oxygen atoms in total. The van der Waals surface area contributed by atoms with Crippen molar-refractivity contribution in [2.24, 2.45) is 0 Å². The van der Waals surface area contributed by atoms with E-state index in [1.54, 1.807) is 6.20 Å². The number of rotatable bonds is 3. The highest BCUT2D eigenvalue weighted by molar-refractivity contribution is 5.90. The molecule has 0 spiro atoms. The summed E-state index contributed by atoms with van der Waals surface area (Å²) in [6, 6.07) is 8.05. The van der Waals surface area contributed by atoms with E-state index in [4.69, 9.17) is 0 Å². The van der Waals surface area contributed by atoms with Gasteiger partial charge in [-0.15, -0.1) is 5.10 Å². The van der Waals surface area contributed by atoms with Gasteiger partial charge in [-0.25, -0.2) is 0 Å². The normalized spacial score (nSPS) is 10.7.